The Kier molecular flexibility index (Phi) is 3.92. The molecule has 1 atom stereocenters. The van der Waals surface area contributed by atoms with Crippen LogP contribution in [0.5, 0.6) is 0 Å². The molecule has 0 fully saturated rings. The molecule has 0 aromatic rings. The molecule has 3 nitrogen and oxygen atoms in total. The molecule has 0 saturated heterocycles. The van der Waals surface area contributed by atoms with Crippen molar-refractivity contribution < 1.29 is 14.3 Å². The lowest BCUT2D eigenvalue weighted by Gasteiger charge is -2.47. The van der Waals surface area contributed by atoms with Gasteiger partial charge in [0.1, 0.15) is 12.4 Å². The molecule has 3 heteroatoms. The smallest absolute Gasteiger partial charge is 0.152 e. The lowest BCUT2D eigenvalue weighted by Crippen LogP contribution is -2.51. The molecule has 0 aromatic carbocycles. The molecule has 0 heterocycles. The molecular formula is C13H22O3. The minimum Gasteiger partial charge on any atom is -0.359 e. The van der Waals surface area contributed by atoms with Crippen LogP contribution >= 0.6 is 0 Å². The van der Waals surface area contributed by atoms with E-state index in [0.717, 1.165) is 19.1 Å². The molecule has 0 aliphatic heterocycles. The van der Waals surface area contributed by atoms with Gasteiger partial charge in [0.2, 0.25) is 0 Å². The summed E-state index contributed by atoms with van der Waals surface area (Å²) < 4.78 is 10.6. The normalized spacial score (nSPS) is 29.3. The largest absolute Gasteiger partial charge is 0.359 e. The van der Waals surface area contributed by atoms with Crippen molar-refractivity contribution in [3.63, 3.8) is 0 Å². The zero-order valence-electron chi connectivity index (χ0n) is 10.9. The van der Waals surface area contributed by atoms with E-state index in [9.17, 15) is 4.79 Å². The van der Waals surface area contributed by atoms with E-state index in [2.05, 4.69) is 27.7 Å². The molecule has 1 rings (SSSR count). The number of aldehydes is 1. The Labute approximate surface area is 97.8 Å². The molecule has 0 unspecified atom stereocenters. The monoisotopic (exact) mass is 226 g/mol. The molecule has 1 aliphatic carbocycles. The molecule has 1 aliphatic rings. The molecule has 0 N–H and O–H groups in total. The summed E-state index contributed by atoms with van der Waals surface area (Å²) in [4.78, 5) is 11.5. The summed E-state index contributed by atoms with van der Waals surface area (Å²) in [6, 6.07) is 0. The third-order valence-corrected chi connectivity index (χ3v) is 4.13. The summed E-state index contributed by atoms with van der Waals surface area (Å²) in [6.07, 6.45) is 2.59. The van der Waals surface area contributed by atoms with Crippen LogP contribution in [-0.2, 0) is 14.3 Å². The number of rotatable bonds is 4. The number of ether oxygens (including phenoxy) is 2. The summed E-state index contributed by atoms with van der Waals surface area (Å²) in [5, 5.41) is 0. The van der Waals surface area contributed by atoms with Crippen molar-refractivity contribution in [3.05, 3.63) is 11.1 Å². The Balaban J connectivity index is 3.08. The van der Waals surface area contributed by atoms with Crippen molar-refractivity contribution in [3.8, 4) is 0 Å². The van der Waals surface area contributed by atoms with Crippen molar-refractivity contribution in [2.24, 2.45) is 5.41 Å². The molecule has 92 valence electrons. The fourth-order valence-corrected chi connectivity index (χ4v) is 2.38. The molecule has 0 saturated carbocycles. The maximum absolute atomic E-state index is 11.5. The Bertz CT molecular complexity index is 304. The lowest BCUT2D eigenvalue weighted by molar-refractivity contribution is -0.178. The summed E-state index contributed by atoms with van der Waals surface area (Å²) in [6.45, 7) is 8.50. The standard InChI is InChI=1S/C13H22O3/c1-10-6-7-13(8-14,16-9-15-5)12(3,4)11(10)2/h8H,6-7,9H2,1-5H3/t13-/m1/s1. The molecule has 16 heavy (non-hydrogen) atoms. The maximum atomic E-state index is 11.5. The second kappa shape index (κ2) is 4.68. The van der Waals surface area contributed by atoms with Crippen LogP contribution in [0.25, 0.3) is 0 Å². The number of carbonyl (C=O) groups excluding carboxylic acids is 1. The molecule has 0 spiro atoms. The predicted octanol–water partition coefficient (Wildman–Crippen LogP) is 2.70. The van der Waals surface area contributed by atoms with E-state index in [1.54, 1.807) is 7.11 Å². The Morgan fingerprint density at radius 3 is 2.50 bits per heavy atom. The highest BCUT2D eigenvalue weighted by Crippen LogP contribution is 2.48. The number of methoxy groups -OCH3 is 1. The third-order valence-electron chi connectivity index (χ3n) is 4.13. The summed E-state index contributed by atoms with van der Waals surface area (Å²) in [5.74, 6) is 0. The Hall–Kier alpha value is -0.670. The van der Waals surface area contributed by atoms with Crippen molar-refractivity contribution in [1.29, 1.82) is 0 Å². The zero-order valence-corrected chi connectivity index (χ0v) is 10.9. The number of allylic oxidation sites excluding steroid dienone is 1. The van der Waals surface area contributed by atoms with E-state index >= 15 is 0 Å². The minimum absolute atomic E-state index is 0.161. The first kappa shape index (κ1) is 13.4. The van der Waals surface area contributed by atoms with Gasteiger partial charge in [0.15, 0.2) is 6.29 Å². The van der Waals surface area contributed by atoms with Gasteiger partial charge in [-0.05, 0) is 26.7 Å². The highest BCUT2D eigenvalue weighted by atomic mass is 16.7. The van der Waals surface area contributed by atoms with Crippen LogP contribution < -0.4 is 0 Å². The van der Waals surface area contributed by atoms with Gasteiger partial charge in [0, 0.05) is 12.5 Å². The number of hydrogen-bond donors (Lipinski definition) is 0. The van der Waals surface area contributed by atoms with Gasteiger partial charge in [-0.1, -0.05) is 25.0 Å². The van der Waals surface area contributed by atoms with Crippen molar-refractivity contribution >= 4 is 6.29 Å². The van der Waals surface area contributed by atoms with Crippen LogP contribution in [0.4, 0.5) is 0 Å². The summed E-state index contributed by atoms with van der Waals surface area (Å²) >= 11 is 0. The first-order valence-electron chi connectivity index (χ1n) is 5.67. The van der Waals surface area contributed by atoms with Crippen LogP contribution in [-0.4, -0.2) is 25.8 Å². The highest BCUT2D eigenvalue weighted by molar-refractivity contribution is 5.66. The topological polar surface area (TPSA) is 35.5 Å². The highest BCUT2D eigenvalue weighted by Gasteiger charge is 2.49. The molecule has 0 bridgehead atoms. The lowest BCUT2D eigenvalue weighted by atomic mass is 9.63. The molecule has 0 amide bonds. The predicted molar refractivity (Wildman–Crippen MR) is 63.1 cm³/mol. The van der Waals surface area contributed by atoms with Gasteiger partial charge in [-0.3, -0.25) is 0 Å². The van der Waals surface area contributed by atoms with Crippen LogP contribution in [0.15, 0.2) is 11.1 Å². The second-order valence-electron chi connectivity index (χ2n) is 5.09. The Morgan fingerprint density at radius 2 is 2.00 bits per heavy atom. The van der Waals surface area contributed by atoms with E-state index in [0.29, 0.717) is 0 Å². The first-order chi connectivity index (χ1) is 7.41. The van der Waals surface area contributed by atoms with Crippen LogP contribution in [0.2, 0.25) is 0 Å². The SMILES string of the molecule is COCO[C@@]1(C=O)CCC(C)=C(C)C1(C)C. The van der Waals surface area contributed by atoms with E-state index in [1.807, 2.05) is 0 Å². The van der Waals surface area contributed by atoms with Crippen molar-refractivity contribution in [2.75, 3.05) is 13.9 Å². The van der Waals surface area contributed by atoms with Crippen molar-refractivity contribution in [2.45, 2.75) is 46.1 Å². The summed E-state index contributed by atoms with van der Waals surface area (Å²) in [7, 11) is 1.57. The van der Waals surface area contributed by atoms with E-state index < -0.39 is 5.60 Å². The number of carbonyl (C=O) groups is 1. The van der Waals surface area contributed by atoms with Gasteiger partial charge in [0.05, 0.1) is 0 Å². The van der Waals surface area contributed by atoms with Gasteiger partial charge in [0.25, 0.3) is 0 Å². The minimum atomic E-state index is -0.743. The van der Waals surface area contributed by atoms with E-state index in [4.69, 9.17) is 9.47 Å². The van der Waals surface area contributed by atoms with Gasteiger partial charge in [-0.25, -0.2) is 0 Å². The van der Waals surface area contributed by atoms with Gasteiger partial charge >= 0.3 is 0 Å². The van der Waals surface area contributed by atoms with Crippen LogP contribution in [0, 0.1) is 5.41 Å². The van der Waals surface area contributed by atoms with Gasteiger partial charge in [-0.15, -0.1) is 0 Å². The van der Waals surface area contributed by atoms with Crippen LogP contribution in [0.1, 0.15) is 40.5 Å². The molecule has 0 aromatic heterocycles. The quantitative estimate of drug-likeness (QED) is 0.420. The second-order valence-corrected chi connectivity index (χ2v) is 5.09. The zero-order chi connectivity index (χ0) is 12.4. The van der Waals surface area contributed by atoms with Gasteiger partial charge < -0.3 is 14.3 Å². The van der Waals surface area contributed by atoms with E-state index in [-0.39, 0.29) is 12.2 Å². The number of hydrogen-bond acceptors (Lipinski definition) is 3. The van der Waals surface area contributed by atoms with Crippen LogP contribution in [0.3, 0.4) is 0 Å². The molecular weight excluding hydrogens is 204 g/mol. The van der Waals surface area contributed by atoms with Gasteiger partial charge in [-0.2, -0.15) is 0 Å². The maximum Gasteiger partial charge on any atom is 0.152 e. The fourth-order valence-electron chi connectivity index (χ4n) is 2.38. The van der Waals surface area contributed by atoms with E-state index in [1.165, 1.54) is 11.1 Å². The van der Waals surface area contributed by atoms with Crippen molar-refractivity contribution in [1.82, 2.24) is 0 Å². The third kappa shape index (κ3) is 1.94. The average molecular weight is 226 g/mol. The molecule has 0 radical (unpaired) electrons. The average Bonchev–Trinajstić information content (AvgIpc) is 2.26. The Morgan fingerprint density at radius 1 is 1.38 bits per heavy atom. The summed E-state index contributed by atoms with van der Waals surface area (Å²) in [5.41, 5.74) is 1.60. The fraction of sp³-hybridized carbons (Fsp3) is 0.769. The first-order valence-corrected chi connectivity index (χ1v) is 5.67.